The van der Waals surface area contributed by atoms with Crippen LogP contribution < -0.4 is 5.32 Å². The summed E-state index contributed by atoms with van der Waals surface area (Å²) in [5.41, 5.74) is -0.632. The van der Waals surface area contributed by atoms with Crippen LogP contribution in [0.5, 0.6) is 0 Å². The largest absolute Gasteiger partial charge is 0.418 e. The van der Waals surface area contributed by atoms with Crippen molar-refractivity contribution in [1.82, 2.24) is 10.3 Å². The first-order chi connectivity index (χ1) is 10.5. The predicted molar refractivity (Wildman–Crippen MR) is 78.2 cm³/mol. The number of aromatic nitrogens is 1. The third-order valence-corrected chi connectivity index (χ3v) is 4.54. The van der Waals surface area contributed by atoms with Crippen LogP contribution in [0, 0.1) is 5.41 Å². The molecule has 2 N–H and O–H groups in total. The fourth-order valence-electron chi connectivity index (χ4n) is 3.34. The molecule has 6 heteroatoms. The number of aliphatic hydroxyl groups is 1. The molecule has 1 heterocycles. The zero-order chi connectivity index (χ0) is 16.1. The standard InChI is InChI=1S/C16H23F3N2O/c17-16(18,19)13-5-4-9-21-14(13)11-20-12-15(8-10-22)6-2-1-3-7-15/h4-5,9,20,22H,1-3,6-8,10-12H2. The summed E-state index contributed by atoms with van der Waals surface area (Å²) >= 11 is 0. The number of aliphatic hydroxyl groups excluding tert-OH is 1. The highest BCUT2D eigenvalue weighted by molar-refractivity contribution is 5.22. The molecule has 124 valence electrons. The molecular formula is C16H23F3N2O. The van der Waals surface area contributed by atoms with Crippen LogP contribution in [0.4, 0.5) is 13.2 Å². The molecule has 22 heavy (non-hydrogen) atoms. The molecule has 0 aliphatic heterocycles. The van der Waals surface area contributed by atoms with Gasteiger partial charge in [0.15, 0.2) is 0 Å². The van der Waals surface area contributed by atoms with Gasteiger partial charge in [-0.15, -0.1) is 0 Å². The molecule has 0 aromatic carbocycles. The van der Waals surface area contributed by atoms with Crippen molar-refractivity contribution >= 4 is 0 Å². The van der Waals surface area contributed by atoms with E-state index in [2.05, 4.69) is 10.3 Å². The van der Waals surface area contributed by atoms with Gasteiger partial charge in [-0.05, 0) is 36.8 Å². The second-order valence-electron chi connectivity index (χ2n) is 6.13. The normalized spacial score (nSPS) is 18.4. The van der Waals surface area contributed by atoms with Crippen molar-refractivity contribution in [3.63, 3.8) is 0 Å². The van der Waals surface area contributed by atoms with E-state index in [1.165, 1.54) is 18.7 Å². The Morgan fingerprint density at radius 1 is 1.23 bits per heavy atom. The van der Waals surface area contributed by atoms with Gasteiger partial charge in [-0.1, -0.05) is 19.3 Å². The van der Waals surface area contributed by atoms with E-state index >= 15 is 0 Å². The van der Waals surface area contributed by atoms with E-state index < -0.39 is 11.7 Å². The lowest BCUT2D eigenvalue weighted by molar-refractivity contribution is -0.138. The van der Waals surface area contributed by atoms with Crippen molar-refractivity contribution in [1.29, 1.82) is 0 Å². The van der Waals surface area contributed by atoms with Crippen molar-refractivity contribution in [2.45, 2.75) is 51.2 Å². The van der Waals surface area contributed by atoms with Crippen LogP contribution in [0.3, 0.4) is 0 Å². The quantitative estimate of drug-likeness (QED) is 0.844. The summed E-state index contributed by atoms with van der Waals surface area (Å²) in [4.78, 5) is 3.86. The molecule has 0 unspecified atom stereocenters. The Morgan fingerprint density at radius 2 is 1.95 bits per heavy atom. The van der Waals surface area contributed by atoms with Crippen molar-refractivity contribution in [3.8, 4) is 0 Å². The molecule has 1 fully saturated rings. The number of halogens is 3. The van der Waals surface area contributed by atoms with Crippen molar-refractivity contribution in [2.24, 2.45) is 5.41 Å². The molecule has 0 atom stereocenters. The van der Waals surface area contributed by atoms with Crippen LogP contribution in [-0.4, -0.2) is 23.2 Å². The number of hydrogen-bond donors (Lipinski definition) is 2. The first-order valence-electron chi connectivity index (χ1n) is 7.80. The van der Waals surface area contributed by atoms with E-state index in [-0.39, 0.29) is 24.3 Å². The summed E-state index contributed by atoms with van der Waals surface area (Å²) in [6.45, 7) is 0.851. The minimum Gasteiger partial charge on any atom is -0.396 e. The van der Waals surface area contributed by atoms with E-state index in [4.69, 9.17) is 0 Å². The molecule has 1 saturated carbocycles. The van der Waals surface area contributed by atoms with Gasteiger partial charge in [0.2, 0.25) is 0 Å². The van der Waals surface area contributed by atoms with E-state index in [0.717, 1.165) is 31.7 Å². The van der Waals surface area contributed by atoms with Gasteiger partial charge in [0.25, 0.3) is 0 Å². The lowest BCUT2D eigenvalue weighted by Gasteiger charge is -2.37. The summed E-state index contributed by atoms with van der Waals surface area (Å²) < 4.78 is 38.8. The third kappa shape index (κ3) is 4.43. The smallest absolute Gasteiger partial charge is 0.396 e. The van der Waals surface area contributed by atoms with E-state index in [9.17, 15) is 18.3 Å². The van der Waals surface area contributed by atoms with Gasteiger partial charge in [0, 0.05) is 25.9 Å². The number of nitrogens with one attached hydrogen (secondary N) is 1. The van der Waals surface area contributed by atoms with Crippen LogP contribution in [-0.2, 0) is 12.7 Å². The Kier molecular flexibility index (Phi) is 5.81. The van der Waals surface area contributed by atoms with Gasteiger partial charge in [0.1, 0.15) is 0 Å². The molecule has 1 aromatic heterocycles. The maximum atomic E-state index is 12.9. The predicted octanol–water partition coefficient (Wildman–Crippen LogP) is 3.52. The first kappa shape index (κ1) is 17.2. The van der Waals surface area contributed by atoms with Gasteiger partial charge >= 0.3 is 6.18 Å². The van der Waals surface area contributed by atoms with Gasteiger partial charge in [-0.25, -0.2) is 0 Å². The first-order valence-corrected chi connectivity index (χ1v) is 7.80. The maximum absolute atomic E-state index is 12.9. The van der Waals surface area contributed by atoms with Crippen LogP contribution in [0.1, 0.15) is 49.8 Å². The van der Waals surface area contributed by atoms with Gasteiger partial charge < -0.3 is 10.4 Å². The van der Waals surface area contributed by atoms with Gasteiger partial charge in [-0.2, -0.15) is 13.2 Å². The average molecular weight is 316 g/mol. The molecular weight excluding hydrogens is 293 g/mol. The molecule has 0 radical (unpaired) electrons. The Labute approximate surface area is 129 Å². The monoisotopic (exact) mass is 316 g/mol. The number of rotatable bonds is 6. The van der Waals surface area contributed by atoms with Crippen LogP contribution >= 0.6 is 0 Å². The SMILES string of the molecule is OCCC1(CNCc2ncccc2C(F)(F)F)CCCCC1. The van der Waals surface area contributed by atoms with Crippen molar-refractivity contribution in [2.75, 3.05) is 13.2 Å². The highest BCUT2D eigenvalue weighted by Gasteiger charge is 2.34. The summed E-state index contributed by atoms with van der Waals surface area (Å²) in [5.74, 6) is 0. The van der Waals surface area contributed by atoms with Crippen molar-refractivity contribution < 1.29 is 18.3 Å². The number of pyridine rings is 1. The Morgan fingerprint density at radius 3 is 2.59 bits per heavy atom. The zero-order valence-electron chi connectivity index (χ0n) is 12.6. The van der Waals surface area contributed by atoms with Crippen LogP contribution in [0.2, 0.25) is 0 Å². The minimum atomic E-state index is -4.38. The molecule has 1 aromatic rings. The average Bonchev–Trinajstić information content (AvgIpc) is 2.48. The molecule has 1 aliphatic carbocycles. The van der Waals surface area contributed by atoms with Crippen LogP contribution in [0.25, 0.3) is 0 Å². The summed E-state index contributed by atoms with van der Waals surface area (Å²) in [6.07, 6.45) is 3.21. The van der Waals surface area contributed by atoms with E-state index in [1.807, 2.05) is 0 Å². The molecule has 1 aliphatic rings. The second kappa shape index (κ2) is 7.42. The molecule has 3 nitrogen and oxygen atoms in total. The fraction of sp³-hybridized carbons (Fsp3) is 0.688. The van der Waals surface area contributed by atoms with Gasteiger partial charge in [-0.3, -0.25) is 4.98 Å². The second-order valence-corrected chi connectivity index (χ2v) is 6.13. The van der Waals surface area contributed by atoms with Crippen LogP contribution in [0.15, 0.2) is 18.3 Å². The number of nitrogens with zero attached hydrogens (tertiary/aromatic N) is 1. The fourth-order valence-corrected chi connectivity index (χ4v) is 3.34. The molecule has 0 amide bonds. The highest BCUT2D eigenvalue weighted by atomic mass is 19.4. The molecule has 0 saturated heterocycles. The van der Waals surface area contributed by atoms with E-state index in [1.54, 1.807) is 0 Å². The topological polar surface area (TPSA) is 45.1 Å². The third-order valence-electron chi connectivity index (χ3n) is 4.54. The van der Waals surface area contributed by atoms with Gasteiger partial charge in [0.05, 0.1) is 11.3 Å². The highest BCUT2D eigenvalue weighted by Crippen LogP contribution is 2.38. The molecule has 0 bridgehead atoms. The Bertz CT molecular complexity index is 465. The molecule has 0 spiro atoms. The van der Waals surface area contributed by atoms with E-state index in [0.29, 0.717) is 13.0 Å². The number of hydrogen-bond acceptors (Lipinski definition) is 3. The summed E-state index contributed by atoms with van der Waals surface area (Å²) in [7, 11) is 0. The maximum Gasteiger partial charge on any atom is 0.418 e. The lowest BCUT2D eigenvalue weighted by Crippen LogP contribution is -2.37. The van der Waals surface area contributed by atoms with Crippen molar-refractivity contribution in [3.05, 3.63) is 29.6 Å². The summed E-state index contributed by atoms with van der Waals surface area (Å²) in [5, 5.41) is 12.4. The summed E-state index contributed by atoms with van der Waals surface area (Å²) in [6, 6.07) is 2.37. The Hall–Kier alpha value is -1.14. The Balaban J connectivity index is 1.98. The zero-order valence-corrected chi connectivity index (χ0v) is 12.6. The molecule has 2 rings (SSSR count). The minimum absolute atomic E-state index is 0.0141. The number of alkyl halides is 3. The lowest BCUT2D eigenvalue weighted by atomic mass is 9.72.